The number of hydrogen-bond donors (Lipinski definition) is 0. The molecule has 0 spiro atoms. The van der Waals surface area contributed by atoms with Gasteiger partial charge in [0, 0.05) is 45.6 Å². The van der Waals surface area contributed by atoms with E-state index < -0.39 is 0 Å². The Balaban J connectivity index is 1.51. The summed E-state index contributed by atoms with van der Waals surface area (Å²) < 4.78 is 4.79. The molecule has 0 atom stereocenters. The van der Waals surface area contributed by atoms with Crippen LogP contribution in [0, 0.1) is 0 Å². The van der Waals surface area contributed by atoms with Crippen LogP contribution in [0.3, 0.4) is 0 Å². The van der Waals surface area contributed by atoms with E-state index in [2.05, 4.69) is 119 Å². The van der Waals surface area contributed by atoms with Gasteiger partial charge >= 0.3 is 0 Å². The Kier molecular flexibility index (Phi) is 3.92. The molecule has 7 rings (SSSR count). The van der Waals surface area contributed by atoms with Crippen LogP contribution in [0.4, 0.5) is 0 Å². The fourth-order valence-electron chi connectivity index (χ4n) is 5.60. The third-order valence-electron chi connectivity index (χ3n) is 7.22. The van der Waals surface area contributed by atoms with Gasteiger partial charge in [-0.3, -0.25) is 0 Å². The second-order valence-electron chi connectivity index (χ2n) is 9.02. The Morgan fingerprint density at radius 1 is 0.636 bits per heavy atom. The average molecular weight is 425 g/mol. The third-order valence-corrected chi connectivity index (χ3v) is 7.22. The monoisotopic (exact) mass is 424 g/mol. The van der Waals surface area contributed by atoms with Crippen LogP contribution in [0.15, 0.2) is 97.1 Å². The fourth-order valence-corrected chi connectivity index (χ4v) is 5.60. The first-order valence-electron chi connectivity index (χ1n) is 11.7. The highest BCUT2D eigenvalue weighted by atomic mass is 15.0. The zero-order valence-corrected chi connectivity index (χ0v) is 18.6. The van der Waals surface area contributed by atoms with Crippen LogP contribution >= 0.6 is 0 Å². The van der Waals surface area contributed by atoms with Gasteiger partial charge in [-0.1, -0.05) is 66.7 Å². The molecule has 1 aliphatic carbocycles. The highest BCUT2D eigenvalue weighted by Crippen LogP contribution is 2.39. The highest BCUT2D eigenvalue weighted by molar-refractivity contribution is 6.13. The number of rotatable bonds is 2. The van der Waals surface area contributed by atoms with Crippen LogP contribution in [-0.4, -0.2) is 9.13 Å². The van der Waals surface area contributed by atoms with E-state index in [1.54, 1.807) is 0 Å². The molecule has 6 aromatic rings. The lowest BCUT2D eigenvalue weighted by Gasteiger charge is -2.13. The van der Waals surface area contributed by atoms with Crippen molar-refractivity contribution in [2.75, 3.05) is 0 Å². The van der Waals surface area contributed by atoms with E-state index in [1.165, 1.54) is 60.8 Å². The van der Waals surface area contributed by atoms with Gasteiger partial charge in [-0.25, -0.2) is 0 Å². The van der Waals surface area contributed by atoms with Crippen molar-refractivity contribution >= 4 is 38.8 Å². The van der Waals surface area contributed by atoms with E-state index in [1.807, 2.05) is 0 Å². The van der Waals surface area contributed by atoms with Crippen LogP contribution in [0.5, 0.6) is 0 Å². The predicted molar refractivity (Wildman–Crippen MR) is 140 cm³/mol. The molecule has 0 saturated carbocycles. The molecule has 33 heavy (non-hydrogen) atoms. The van der Waals surface area contributed by atoms with Gasteiger partial charge in [0.05, 0.1) is 5.52 Å². The molecule has 0 N–H and O–H groups in total. The summed E-state index contributed by atoms with van der Waals surface area (Å²) in [5, 5.41) is 4.01. The summed E-state index contributed by atoms with van der Waals surface area (Å²) in [4.78, 5) is 0. The Morgan fingerprint density at radius 3 is 2.21 bits per heavy atom. The van der Waals surface area contributed by atoms with E-state index in [-0.39, 0.29) is 0 Å². The smallest absolute Gasteiger partial charge is 0.0545 e. The molecule has 158 valence electrons. The van der Waals surface area contributed by atoms with Crippen LogP contribution in [0.1, 0.15) is 17.7 Å². The topological polar surface area (TPSA) is 9.86 Å². The number of benzene rings is 4. The normalized spacial score (nSPS) is 13.2. The molecule has 0 radical (unpaired) electrons. The molecule has 1 aliphatic rings. The van der Waals surface area contributed by atoms with Crippen LogP contribution in [-0.2, 0) is 13.5 Å². The van der Waals surface area contributed by atoms with Gasteiger partial charge in [0.15, 0.2) is 0 Å². The molecule has 2 nitrogen and oxygen atoms in total. The van der Waals surface area contributed by atoms with Crippen molar-refractivity contribution in [3.05, 3.63) is 108 Å². The van der Waals surface area contributed by atoms with E-state index >= 15 is 0 Å². The standard InChI is InChI=1S/C31H24N2/c1-32-28-13-7-5-11-24(28)26-20-31-27(19-30(26)32)25-12-6-8-14-29(25)33(31)23-17-15-22(16-18-23)21-9-3-2-4-10-21/h2-5,7-11,13-20H,6,12H2,1H3. The molecule has 4 aromatic carbocycles. The lowest BCUT2D eigenvalue weighted by molar-refractivity contribution is 0.967. The second kappa shape index (κ2) is 6.98. The first-order chi connectivity index (χ1) is 16.3. The quantitative estimate of drug-likeness (QED) is 0.267. The van der Waals surface area contributed by atoms with Crippen molar-refractivity contribution in [3.63, 3.8) is 0 Å². The number of allylic oxidation sites excluding steroid dienone is 1. The molecule has 0 aliphatic heterocycles. The molecular formula is C31H24N2. The van der Waals surface area contributed by atoms with Crippen molar-refractivity contribution < 1.29 is 0 Å². The maximum absolute atomic E-state index is 2.45. The first-order valence-corrected chi connectivity index (χ1v) is 11.7. The van der Waals surface area contributed by atoms with Crippen LogP contribution in [0.2, 0.25) is 0 Å². The summed E-state index contributed by atoms with van der Waals surface area (Å²) in [6.07, 6.45) is 6.82. The number of hydrogen-bond acceptors (Lipinski definition) is 0. The maximum Gasteiger partial charge on any atom is 0.0545 e. The van der Waals surface area contributed by atoms with Gasteiger partial charge in [-0.15, -0.1) is 0 Å². The molecular weight excluding hydrogens is 400 g/mol. The van der Waals surface area contributed by atoms with Crippen molar-refractivity contribution in [1.82, 2.24) is 9.13 Å². The summed E-state index contributed by atoms with van der Waals surface area (Å²) in [5.41, 5.74) is 10.4. The predicted octanol–water partition coefficient (Wildman–Crippen LogP) is 7.90. The zero-order valence-electron chi connectivity index (χ0n) is 18.6. The molecule has 2 heteroatoms. The SMILES string of the molecule is Cn1c2ccccc2c2cc3c(cc21)c1c(n3-c2ccc(-c3ccccc3)cc2)C=CCC1. The molecule has 0 bridgehead atoms. The number of aryl methyl sites for hydroxylation is 2. The minimum absolute atomic E-state index is 1.09. The Bertz CT molecular complexity index is 1690. The van der Waals surface area contributed by atoms with Gasteiger partial charge in [0.1, 0.15) is 0 Å². The zero-order chi connectivity index (χ0) is 21.9. The van der Waals surface area contributed by atoms with E-state index in [0.29, 0.717) is 0 Å². The summed E-state index contributed by atoms with van der Waals surface area (Å²) in [6, 6.07) is 33.1. The minimum Gasteiger partial charge on any atom is -0.344 e. The van der Waals surface area contributed by atoms with E-state index in [9.17, 15) is 0 Å². The van der Waals surface area contributed by atoms with E-state index in [0.717, 1.165) is 12.8 Å². The molecule has 0 saturated heterocycles. The Morgan fingerprint density at radius 2 is 1.36 bits per heavy atom. The summed E-state index contributed by atoms with van der Waals surface area (Å²) in [7, 11) is 2.18. The molecule has 2 heterocycles. The van der Waals surface area contributed by atoms with Crippen molar-refractivity contribution in [2.45, 2.75) is 12.8 Å². The maximum atomic E-state index is 2.45. The van der Waals surface area contributed by atoms with Crippen LogP contribution in [0.25, 0.3) is 55.6 Å². The van der Waals surface area contributed by atoms with Crippen molar-refractivity contribution in [3.8, 4) is 16.8 Å². The summed E-state index contributed by atoms with van der Waals surface area (Å²) in [6.45, 7) is 0. The molecule has 2 aromatic heterocycles. The number of aromatic nitrogens is 2. The summed E-state index contributed by atoms with van der Waals surface area (Å²) in [5.74, 6) is 0. The largest absolute Gasteiger partial charge is 0.344 e. The summed E-state index contributed by atoms with van der Waals surface area (Å²) >= 11 is 0. The molecule has 0 fully saturated rings. The van der Waals surface area contributed by atoms with Gasteiger partial charge in [-0.05, 0) is 65.9 Å². The average Bonchev–Trinajstić information content (AvgIpc) is 3.35. The Labute approximate surface area is 193 Å². The lowest BCUT2D eigenvalue weighted by Crippen LogP contribution is -2.00. The number of nitrogens with zero attached hydrogens (tertiary/aromatic N) is 2. The van der Waals surface area contributed by atoms with Crippen molar-refractivity contribution in [1.29, 1.82) is 0 Å². The van der Waals surface area contributed by atoms with Gasteiger partial charge < -0.3 is 9.13 Å². The minimum atomic E-state index is 1.09. The van der Waals surface area contributed by atoms with Crippen LogP contribution < -0.4 is 0 Å². The lowest BCUT2D eigenvalue weighted by atomic mass is 10.00. The number of fused-ring (bicyclic) bond motifs is 6. The third kappa shape index (κ3) is 2.67. The fraction of sp³-hybridized carbons (Fsp3) is 0.0968. The highest BCUT2D eigenvalue weighted by Gasteiger charge is 2.20. The van der Waals surface area contributed by atoms with Crippen molar-refractivity contribution in [2.24, 2.45) is 7.05 Å². The molecule has 0 amide bonds. The second-order valence-corrected chi connectivity index (χ2v) is 9.02. The number of para-hydroxylation sites is 1. The van der Waals surface area contributed by atoms with Gasteiger partial charge in [0.2, 0.25) is 0 Å². The first kappa shape index (κ1) is 18.5. The van der Waals surface area contributed by atoms with Gasteiger partial charge in [0.25, 0.3) is 0 Å². The Hall–Kier alpha value is -4.04. The van der Waals surface area contributed by atoms with Gasteiger partial charge in [-0.2, -0.15) is 0 Å². The molecule has 0 unspecified atom stereocenters. The van der Waals surface area contributed by atoms with E-state index in [4.69, 9.17) is 0 Å².